The topological polar surface area (TPSA) is 61.4 Å². The number of benzene rings is 3. The molecule has 0 radical (unpaired) electrons. The number of carbonyl (C=O) groups is 2. The van der Waals surface area contributed by atoms with Gasteiger partial charge in [-0.15, -0.1) is 0 Å². The second-order valence-corrected chi connectivity index (χ2v) is 10.1. The molecule has 0 saturated heterocycles. The van der Waals surface area contributed by atoms with Crippen molar-refractivity contribution in [1.82, 2.24) is 10.2 Å². The molecule has 0 aromatic heterocycles. The maximum absolute atomic E-state index is 12.1. The van der Waals surface area contributed by atoms with Crippen LogP contribution in [0.3, 0.4) is 0 Å². The third-order valence-electron chi connectivity index (χ3n) is 5.93. The molecule has 1 fully saturated rings. The van der Waals surface area contributed by atoms with Gasteiger partial charge in [-0.05, 0) is 83.6 Å². The van der Waals surface area contributed by atoms with Gasteiger partial charge in [0.05, 0.1) is 6.54 Å². The van der Waals surface area contributed by atoms with Crippen LogP contribution in [-0.2, 0) is 4.79 Å². The molecule has 3 aromatic carbocycles. The number of carbonyl (C=O) groups excluding carboxylic acids is 2. The predicted octanol–water partition coefficient (Wildman–Crippen LogP) is 6.58. The van der Waals surface area contributed by atoms with Gasteiger partial charge in [0.25, 0.3) is 5.91 Å². The summed E-state index contributed by atoms with van der Waals surface area (Å²) in [6.07, 6.45) is 6.49. The summed E-state index contributed by atoms with van der Waals surface area (Å²) in [6.45, 7) is 4.01. The largest absolute Gasteiger partial charge is 0.343 e. The van der Waals surface area contributed by atoms with E-state index in [1.807, 2.05) is 75.4 Å². The van der Waals surface area contributed by atoms with Crippen molar-refractivity contribution in [3.8, 4) is 0 Å². The predicted molar refractivity (Wildman–Crippen MR) is 155 cm³/mol. The van der Waals surface area contributed by atoms with Crippen LogP contribution in [0.15, 0.2) is 78.9 Å². The molecule has 0 atom stereocenters. The van der Waals surface area contributed by atoms with Crippen molar-refractivity contribution in [2.24, 2.45) is 0 Å². The first kappa shape index (κ1) is 29.8. The number of amides is 2. The van der Waals surface area contributed by atoms with Crippen molar-refractivity contribution < 1.29 is 9.59 Å². The van der Waals surface area contributed by atoms with E-state index < -0.39 is 0 Å². The Balaban J connectivity index is 0.000000363. The molecule has 2 N–H and O–H groups in total. The molecular weight excluding hydrogens is 458 g/mol. The first-order valence-electron chi connectivity index (χ1n) is 13.1. The van der Waals surface area contributed by atoms with Gasteiger partial charge in [0, 0.05) is 11.3 Å². The summed E-state index contributed by atoms with van der Waals surface area (Å²) in [5.41, 5.74) is 5.09. The molecule has 37 heavy (non-hydrogen) atoms. The Hall–Kier alpha value is -3.44. The molecular formula is C32H43N3O2. The highest BCUT2D eigenvalue weighted by molar-refractivity contribution is 5.99. The fourth-order valence-corrected chi connectivity index (χ4v) is 3.98. The van der Waals surface area contributed by atoms with Gasteiger partial charge < -0.3 is 15.5 Å². The number of hydrogen-bond acceptors (Lipinski definition) is 3. The quantitative estimate of drug-likeness (QED) is 0.415. The number of rotatable bonds is 5. The Morgan fingerprint density at radius 2 is 1.30 bits per heavy atom. The summed E-state index contributed by atoms with van der Waals surface area (Å²) in [5, 5.41) is 5.48. The molecule has 3 aromatic rings. The van der Waals surface area contributed by atoms with E-state index in [1.165, 1.54) is 43.2 Å². The van der Waals surface area contributed by atoms with Crippen LogP contribution in [0, 0.1) is 13.8 Å². The van der Waals surface area contributed by atoms with Gasteiger partial charge in [-0.3, -0.25) is 9.59 Å². The molecule has 198 valence electrons. The van der Waals surface area contributed by atoms with Crippen molar-refractivity contribution in [3.63, 3.8) is 0 Å². The zero-order valence-corrected chi connectivity index (χ0v) is 23.1. The van der Waals surface area contributed by atoms with Crippen molar-refractivity contribution in [3.05, 3.63) is 101 Å². The van der Waals surface area contributed by atoms with Gasteiger partial charge >= 0.3 is 0 Å². The second-order valence-electron chi connectivity index (χ2n) is 10.1. The first-order valence-corrected chi connectivity index (χ1v) is 13.1. The van der Waals surface area contributed by atoms with E-state index in [1.54, 1.807) is 12.1 Å². The summed E-state index contributed by atoms with van der Waals surface area (Å²) in [6, 6.07) is 25.6. The van der Waals surface area contributed by atoms with Gasteiger partial charge in [0.1, 0.15) is 0 Å². The molecule has 0 aliphatic heterocycles. The fraction of sp³-hybridized carbons (Fsp3) is 0.375. The van der Waals surface area contributed by atoms with Crippen LogP contribution in [0.4, 0.5) is 5.69 Å². The first-order chi connectivity index (χ1) is 17.7. The van der Waals surface area contributed by atoms with Crippen LogP contribution in [0.25, 0.3) is 0 Å². The van der Waals surface area contributed by atoms with Crippen LogP contribution >= 0.6 is 0 Å². The standard InChI is InChI=1S/C22H26N2O2.C7H8.C3H9N/c1-16-7-9-19(10-8-16)22(26)23-15-21(25)24-20-13-11-18(12-14-20)17-5-3-2-4-6-17;1-7-5-3-2-4-6-7;1-4(2)3/h7-14,17H,2-6,15H2,1H3,(H,23,26)(H,24,25);2-6H,1H3;1-3H3. The van der Waals surface area contributed by atoms with Gasteiger partial charge in [0.2, 0.25) is 5.91 Å². The molecule has 5 heteroatoms. The molecule has 0 heterocycles. The van der Waals surface area contributed by atoms with E-state index in [-0.39, 0.29) is 18.4 Å². The molecule has 1 saturated carbocycles. The molecule has 1 aliphatic carbocycles. The molecule has 0 unspecified atom stereocenters. The fourth-order valence-electron chi connectivity index (χ4n) is 3.98. The summed E-state index contributed by atoms with van der Waals surface area (Å²) in [7, 11) is 6.00. The Morgan fingerprint density at radius 3 is 1.81 bits per heavy atom. The Labute approximate surface area is 223 Å². The van der Waals surface area contributed by atoms with Crippen LogP contribution < -0.4 is 10.6 Å². The van der Waals surface area contributed by atoms with E-state index in [4.69, 9.17) is 0 Å². The SMILES string of the molecule is CN(C)C.Cc1ccc(C(=O)NCC(=O)Nc2ccc(C3CCCCC3)cc2)cc1.Cc1ccccc1. The Morgan fingerprint density at radius 1 is 0.757 bits per heavy atom. The minimum absolute atomic E-state index is 0.0446. The number of anilines is 1. The Kier molecular flexibility index (Phi) is 13.1. The zero-order valence-electron chi connectivity index (χ0n) is 23.1. The van der Waals surface area contributed by atoms with Crippen molar-refractivity contribution in [2.75, 3.05) is 33.0 Å². The molecule has 2 amide bonds. The van der Waals surface area contributed by atoms with Crippen LogP contribution in [0.5, 0.6) is 0 Å². The highest BCUT2D eigenvalue weighted by atomic mass is 16.2. The third kappa shape index (κ3) is 12.4. The molecule has 0 spiro atoms. The Bertz CT molecular complexity index is 1050. The summed E-state index contributed by atoms with van der Waals surface area (Å²) in [5.74, 6) is 0.186. The van der Waals surface area contributed by atoms with Crippen LogP contribution in [0.1, 0.15) is 65.1 Å². The number of nitrogens with one attached hydrogen (secondary N) is 2. The zero-order chi connectivity index (χ0) is 27.0. The average Bonchev–Trinajstić information content (AvgIpc) is 2.89. The monoisotopic (exact) mass is 501 g/mol. The highest BCUT2D eigenvalue weighted by Crippen LogP contribution is 2.32. The van der Waals surface area contributed by atoms with E-state index in [0.29, 0.717) is 11.5 Å². The van der Waals surface area contributed by atoms with E-state index in [2.05, 4.69) is 41.8 Å². The molecule has 5 nitrogen and oxygen atoms in total. The van der Waals surface area contributed by atoms with Gasteiger partial charge in [-0.2, -0.15) is 0 Å². The average molecular weight is 502 g/mol. The normalized spacial score (nSPS) is 12.9. The third-order valence-corrected chi connectivity index (χ3v) is 5.93. The lowest BCUT2D eigenvalue weighted by Gasteiger charge is -2.22. The minimum Gasteiger partial charge on any atom is -0.343 e. The van der Waals surface area contributed by atoms with E-state index >= 15 is 0 Å². The van der Waals surface area contributed by atoms with E-state index in [0.717, 1.165) is 11.3 Å². The minimum atomic E-state index is -0.243. The number of hydrogen-bond donors (Lipinski definition) is 2. The van der Waals surface area contributed by atoms with Gasteiger partial charge in [-0.1, -0.05) is 85.0 Å². The number of aryl methyl sites for hydroxylation is 2. The van der Waals surface area contributed by atoms with Gasteiger partial charge in [0.15, 0.2) is 0 Å². The van der Waals surface area contributed by atoms with Crippen LogP contribution in [-0.4, -0.2) is 44.4 Å². The second kappa shape index (κ2) is 16.3. The molecule has 0 bridgehead atoms. The smallest absolute Gasteiger partial charge is 0.251 e. The maximum atomic E-state index is 12.1. The van der Waals surface area contributed by atoms with Crippen molar-refractivity contribution in [1.29, 1.82) is 0 Å². The van der Waals surface area contributed by atoms with Gasteiger partial charge in [-0.25, -0.2) is 0 Å². The highest BCUT2D eigenvalue weighted by Gasteiger charge is 2.15. The summed E-state index contributed by atoms with van der Waals surface area (Å²) >= 11 is 0. The van der Waals surface area contributed by atoms with Crippen molar-refractivity contribution in [2.45, 2.75) is 51.9 Å². The molecule has 1 aliphatic rings. The number of nitrogens with zero attached hydrogens (tertiary/aromatic N) is 1. The lowest BCUT2D eigenvalue weighted by atomic mass is 9.84. The summed E-state index contributed by atoms with van der Waals surface area (Å²) < 4.78 is 0. The van der Waals surface area contributed by atoms with Crippen molar-refractivity contribution >= 4 is 17.5 Å². The lowest BCUT2D eigenvalue weighted by molar-refractivity contribution is -0.115. The van der Waals surface area contributed by atoms with Crippen LogP contribution in [0.2, 0.25) is 0 Å². The molecule has 4 rings (SSSR count). The maximum Gasteiger partial charge on any atom is 0.251 e. The summed E-state index contributed by atoms with van der Waals surface area (Å²) in [4.78, 5) is 26.1. The lowest BCUT2D eigenvalue weighted by Crippen LogP contribution is -2.32. The van der Waals surface area contributed by atoms with E-state index in [9.17, 15) is 9.59 Å².